The van der Waals surface area contributed by atoms with E-state index in [1.165, 1.54) is 6.07 Å². The number of rotatable bonds is 3. The van der Waals surface area contributed by atoms with E-state index < -0.39 is 0 Å². The van der Waals surface area contributed by atoms with Crippen LogP contribution in [0.2, 0.25) is 0 Å². The largest absolute Gasteiger partial charge is 0.369 e. The normalized spacial score (nSPS) is 16.4. The molecule has 0 radical (unpaired) electrons. The minimum Gasteiger partial charge on any atom is -0.369 e. The highest BCUT2D eigenvalue weighted by Crippen LogP contribution is 2.19. The lowest BCUT2D eigenvalue weighted by Gasteiger charge is -2.30. The molecule has 1 fully saturated rings. The molecule has 1 aliphatic heterocycles. The quantitative estimate of drug-likeness (QED) is 0.925. The van der Waals surface area contributed by atoms with Gasteiger partial charge < -0.3 is 5.73 Å². The molecule has 112 valence electrons. The average molecular weight is 280 g/mol. The van der Waals surface area contributed by atoms with E-state index in [-0.39, 0.29) is 17.6 Å². The van der Waals surface area contributed by atoms with E-state index in [4.69, 9.17) is 5.73 Å². The first kappa shape index (κ1) is 16.6. The Morgan fingerprint density at radius 3 is 2.40 bits per heavy atom. The SMILES string of the molecule is CC.Cc1cc(F)cc(CN2CCC(C(N)=O)CC2)c1. The van der Waals surface area contributed by atoms with E-state index in [1.807, 2.05) is 26.8 Å². The van der Waals surface area contributed by atoms with Gasteiger partial charge in [-0.05, 0) is 56.1 Å². The van der Waals surface area contributed by atoms with E-state index in [1.54, 1.807) is 6.07 Å². The Labute approximate surface area is 121 Å². The maximum atomic E-state index is 13.3. The lowest BCUT2D eigenvalue weighted by atomic mass is 9.96. The minimum absolute atomic E-state index is 0.00972. The fraction of sp³-hybridized carbons (Fsp3) is 0.562. The second kappa shape index (κ2) is 8.00. The summed E-state index contributed by atoms with van der Waals surface area (Å²) < 4.78 is 13.3. The topological polar surface area (TPSA) is 46.3 Å². The standard InChI is InChI=1S/C14H19FN2O.C2H6/c1-10-6-11(8-13(15)7-10)9-17-4-2-12(3-5-17)14(16)18;1-2/h6-8,12H,2-5,9H2,1H3,(H2,16,18);1-2H3. The molecule has 20 heavy (non-hydrogen) atoms. The first-order valence-corrected chi connectivity index (χ1v) is 7.32. The molecule has 0 aromatic heterocycles. The van der Waals surface area contributed by atoms with Gasteiger partial charge in [0.25, 0.3) is 0 Å². The molecule has 4 heteroatoms. The predicted octanol–water partition coefficient (Wildman–Crippen LogP) is 2.86. The molecule has 0 bridgehead atoms. The van der Waals surface area contributed by atoms with Crippen LogP contribution in [0.5, 0.6) is 0 Å². The van der Waals surface area contributed by atoms with E-state index in [0.717, 1.165) is 43.6 Å². The molecule has 0 saturated carbocycles. The number of carbonyl (C=O) groups excluding carboxylic acids is 1. The third-order valence-corrected chi connectivity index (χ3v) is 3.50. The summed E-state index contributed by atoms with van der Waals surface area (Å²) in [4.78, 5) is 13.3. The highest BCUT2D eigenvalue weighted by Gasteiger charge is 2.22. The molecular formula is C16H25FN2O. The fourth-order valence-electron chi connectivity index (χ4n) is 2.54. The van der Waals surface area contributed by atoms with E-state index in [0.29, 0.717) is 0 Å². The van der Waals surface area contributed by atoms with Gasteiger partial charge in [-0.1, -0.05) is 19.9 Å². The van der Waals surface area contributed by atoms with Crippen molar-refractivity contribution < 1.29 is 9.18 Å². The number of halogens is 1. The van der Waals surface area contributed by atoms with Crippen molar-refractivity contribution in [2.45, 2.75) is 40.2 Å². The van der Waals surface area contributed by atoms with Gasteiger partial charge in [0.2, 0.25) is 5.91 Å². The van der Waals surface area contributed by atoms with Crippen LogP contribution in [-0.4, -0.2) is 23.9 Å². The van der Waals surface area contributed by atoms with Crippen LogP contribution in [0.3, 0.4) is 0 Å². The van der Waals surface area contributed by atoms with Crippen molar-refractivity contribution in [3.8, 4) is 0 Å². The number of carbonyl (C=O) groups is 1. The molecular weight excluding hydrogens is 255 g/mol. The molecule has 3 nitrogen and oxygen atoms in total. The highest BCUT2D eigenvalue weighted by molar-refractivity contribution is 5.76. The fourth-order valence-corrected chi connectivity index (χ4v) is 2.54. The first-order valence-electron chi connectivity index (χ1n) is 7.32. The van der Waals surface area contributed by atoms with Crippen LogP contribution in [0.25, 0.3) is 0 Å². The monoisotopic (exact) mass is 280 g/mol. The van der Waals surface area contributed by atoms with Gasteiger partial charge in [0.1, 0.15) is 5.82 Å². The second-order valence-electron chi connectivity index (χ2n) is 5.09. The molecule has 1 saturated heterocycles. The van der Waals surface area contributed by atoms with Crippen LogP contribution in [-0.2, 0) is 11.3 Å². The summed E-state index contributed by atoms with van der Waals surface area (Å²) in [5, 5.41) is 0. The maximum Gasteiger partial charge on any atom is 0.220 e. The number of hydrogen-bond donors (Lipinski definition) is 1. The number of aryl methyl sites for hydroxylation is 1. The predicted molar refractivity (Wildman–Crippen MR) is 79.7 cm³/mol. The van der Waals surface area contributed by atoms with Gasteiger partial charge in [-0.3, -0.25) is 9.69 Å². The third-order valence-electron chi connectivity index (χ3n) is 3.50. The molecule has 1 amide bonds. The zero-order valence-electron chi connectivity index (χ0n) is 12.7. The summed E-state index contributed by atoms with van der Waals surface area (Å²) in [6, 6.07) is 5.11. The van der Waals surface area contributed by atoms with Gasteiger partial charge in [0.15, 0.2) is 0 Å². The summed E-state index contributed by atoms with van der Waals surface area (Å²) in [6.07, 6.45) is 1.62. The Bertz CT molecular complexity index is 420. The molecule has 2 rings (SSSR count). The first-order chi connectivity index (χ1) is 9.54. The van der Waals surface area contributed by atoms with E-state index in [2.05, 4.69) is 4.90 Å². The molecule has 0 unspecified atom stereocenters. The van der Waals surface area contributed by atoms with Crippen molar-refractivity contribution in [2.24, 2.45) is 11.7 Å². The lowest BCUT2D eigenvalue weighted by molar-refractivity contribution is -0.123. The van der Waals surface area contributed by atoms with Crippen molar-refractivity contribution >= 4 is 5.91 Å². The van der Waals surface area contributed by atoms with Crippen LogP contribution >= 0.6 is 0 Å². The summed E-state index contributed by atoms with van der Waals surface area (Å²) in [5.74, 6) is -0.372. The number of likely N-dealkylation sites (tertiary alicyclic amines) is 1. The smallest absolute Gasteiger partial charge is 0.220 e. The zero-order valence-corrected chi connectivity index (χ0v) is 12.7. The maximum absolute atomic E-state index is 13.3. The Balaban J connectivity index is 0.000000956. The zero-order chi connectivity index (χ0) is 15.1. The van der Waals surface area contributed by atoms with Crippen LogP contribution in [0.4, 0.5) is 4.39 Å². The van der Waals surface area contributed by atoms with Gasteiger partial charge in [-0.25, -0.2) is 4.39 Å². The number of amides is 1. The highest BCUT2D eigenvalue weighted by atomic mass is 19.1. The Morgan fingerprint density at radius 2 is 1.90 bits per heavy atom. The van der Waals surface area contributed by atoms with Crippen molar-refractivity contribution in [1.29, 1.82) is 0 Å². The van der Waals surface area contributed by atoms with Gasteiger partial charge in [0, 0.05) is 12.5 Å². The number of primary amides is 1. The Hall–Kier alpha value is -1.42. The van der Waals surface area contributed by atoms with Crippen LogP contribution in [0.1, 0.15) is 37.8 Å². The number of nitrogens with zero attached hydrogens (tertiary/aromatic N) is 1. The molecule has 0 aliphatic carbocycles. The summed E-state index contributed by atoms with van der Waals surface area (Å²) in [7, 11) is 0. The van der Waals surface area contributed by atoms with Crippen LogP contribution < -0.4 is 5.73 Å². The summed E-state index contributed by atoms with van der Waals surface area (Å²) >= 11 is 0. The Morgan fingerprint density at radius 1 is 1.30 bits per heavy atom. The van der Waals surface area contributed by atoms with Crippen LogP contribution in [0, 0.1) is 18.7 Å². The number of hydrogen-bond acceptors (Lipinski definition) is 2. The van der Waals surface area contributed by atoms with Gasteiger partial charge in [0.05, 0.1) is 0 Å². The molecule has 1 aliphatic rings. The van der Waals surface area contributed by atoms with E-state index >= 15 is 0 Å². The van der Waals surface area contributed by atoms with Gasteiger partial charge in [-0.15, -0.1) is 0 Å². The van der Waals surface area contributed by atoms with Crippen molar-refractivity contribution in [3.05, 3.63) is 35.1 Å². The minimum atomic E-state index is -0.198. The van der Waals surface area contributed by atoms with Crippen molar-refractivity contribution in [3.63, 3.8) is 0 Å². The second-order valence-corrected chi connectivity index (χ2v) is 5.09. The lowest BCUT2D eigenvalue weighted by Crippen LogP contribution is -2.38. The molecule has 2 N–H and O–H groups in total. The molecule has 0 spiro atoms. The average Bonchev–Trinajstić information content (AvgIpc) is 2.40. The van der Waals surface area contributed by atoms with Crippen LogP contribution in [0.15, 0.2) is 18.2 Å². The van der Waals surface area contributed by atoms with Gasteiger partial charge in [-0.2, -0.15) is 0 Å². The number of piperidine rings is 1. The van der Waals surface area contributed by atoms with Crippen molar-refractivity contribution in [2.75, 3.05) is 13.1 Å². The molecule has 1 aromatic rings. The molecule has 0 atom stereocenters. The third kappa shape index (κ3) is 4.93. The molecule has 1 aromatic carbocycles. The number of benzene rings is 1. The molecule has 1 heterocycles. The number of nitrogens with two attached hydrogens (primary N) is 1. The van der Waals surface area contributed by atoms with Crippen molar-refractivity contribution in [1.82, 2.24) is 4.90 Å². The summed E-state index contributed by atoms with van der Waals surface area (Å²) in [6.45, 7) is 8.34. The van der Waals surface area contributed by atoms with Gasteiger partial charge >= 0.3 is 0 Å². The Kier molecular flexibility index (Phi) is 6.65. The van der Waals surface area contributed by atoms with E-state index in [9.17, 15) is 9.18 Å². The summed E-state index contributed by atoms with van der Waals surface area (Å²) in [5.41, 5.74) is 7.23.